The van der Waals surface area contributed by atoms with Crippen LogP contribution in [0.3, 0.4) is 0 Å². The van der Waals surface area contributed by atoms with Gasteiger partial charge in [-0.1, -0.05) is 60.1 Å². The van der Waals surface area contributed by atoms with Gasteiger partial charge in [0.25, 0.3) is 0 Å². The fraction of sp³-hybridized carbons (Fsp3) is 0.353. The zero-order chi connectivity index (χ0) is 29.7. The second kappa shape index (κ2) is 10.9. The zero-order valence-electron chi connectivity index (χ0n) is 24.7. The van der Waals surface area contributed by atoms with Crippen molar-refractivity contribution >= 4 is 34.1 Å². The van der Waals surface area contributed by atoms with E-state index in [0.717, 1.165) is 70.7 Å². The Bertz CT molecular complexity index is 1800. The highest BCUT2D eigenvalue weighted by Gasteiger charge is 2.39. The van der Waals surface area contributed by atoms with Gasteiger partial charge in [0.2, 0.25) is 0 Å². The first-order chi connectivity index (χ1) is 20.7. The highest BCUT2D eigenvalue weighted by molar-refractivity contribution is 6.33. The highest BCUT2D eigenvalue weighted by atomic mass is 35.5. The number of rotatable bonds is 4. The third kappa shape index (κ3) is 5.45. The van der Waals surface area contributed by atoms with E-state index in [1.165, 1.54) is 0 Å². The molecule has 220 valence electrons. The third-order valence-corrected chi connectivity index (χ3v) is 8.81. The van der Waals surface area contributed by atoms with Crippen LogP contribution in [0.4, 0.5) is 4.79 Å². The van der Waals surface area contributed by atoms with Gasteiger partial charge in [0, 0.05) is 67.0 Å². The molecule has 0 unspecified atom stereocenters. The standard InChI is InChI=1S/C34H35ClN6O2/c1-34(2,3)43-33(42)40-17-15-39(16-18-40)26-19-25(20-26)32-38-29(30-31(35)36-13-14-41(30)32)24-10-9-23-11-12-27(37-28(23)21-24)22-7-5-4-6-8-22/h4-14,21,25-26H,15-20H2,1-3H3/t25-,26+. The van der Waals surface area contributed by atoms with Crippen molar-refractivity contribution in [2.45, 2.75) is 51.2 Å². The first-order valence-electron chi connectivity index (χ1n) is 14.9. The van der Waals surface area contributed by atoms with Crippen LogP contribution in [0.15, 0.2) is 73.1 Å². The fourth-order valence-corrected chi connectivity index (χ4v) is 6.48. The molecule has 2 aliphatic rings. The van der Waals surface area contributed by atoms with E-state index in [0.29, 0.717) is 30.2 Å². The first-order valence-corrected chi connectivity index (χ1v) is 15.3. The minimum atomic E-state index is -0.478. The normalized spacial score (nSPS) is 19.5. The number of carbonyl (C=O) groups is 1. The average Bonchev–Trinajstić information content (AvgIpc) is 3.36. The number of hydrogen-bond acceptors (Lipinski definition) is 6. The van der Waals surface area contributed by atoms with Crippen LogP contribution in [0, 0.1) is 0 Å². The summed E-state index contributed by atoms with van der Waals surface area (Å²) >= 11 is 6.71. The quantitative estimate of drug-likeness (QED) is 0.222. The molecule has 2 aromatic carbocycles. The topological polar surface area (TPSA) is 75.9 Å². The number of piperazine rings is 1. The van der Waals surface area contributed by atoms with Crippen LogP contribution < -0.4 is 0 Å². The molecule has 8 nitrogen and oxygen atoms in total. The smallest absolute Gasteiger partial charge is 0.410 e. The van der Waals surface area contributed by atoms with Crippen molar-refractivity contribution in [2.24, 2.45) is 0 Å². The van der Waals surface area contributed by atoms with E-state index in [2.05, 4.69) is 56.7 Å². The Hall–Kier alpha value is -4.01. The number of aromatic nitrogens is 4. The zero-order valence-corrected chi connectivity index (χ0v) is 25.5. The largest absolute Gasteiger partial charge is 0.444 e. The molecule has 1 amide bonds. The summed E-state index contributed by atoms with van der Waals surface area (Å²) in [5, 5.41) is 1.52. The van der Waals surface area contributed by atoms with Gasteiger partial charge in [0.15, 0.2) is 5.15 Å². The highest BCUT2D eigenvalue weighted by Crippen LogP contribution is 2.42. The van der Waals surface area contributed by atoms with Crippen LogP contribution in [0.1, 0.15) is 45.4 Å². The number of hydrogen-bond donors (Lipinski definition) is 0. The molecule has 43 heavy (non-hydrogen) atoms. The molecule has 2 fully saturated rings. The molecule has 0 spiro atoms. The van der Waals surface area contributed by atoms with Crippen LogP contribution in [0.25, 0.3) is 38.9 Å². The fourth-order valence-electron chi connectivity index (χ4n) is 6.24. The van der Waals surface area contributed by atoms with Crippen LogP contribution in [0.5, 0.6) is 0 Å². The van der Waals surface area contributed by atoms with E-state index in [-0.39, 0.29) is 6.09 Å². The predicted octanol–water partition coefficient (Wildman–Crippen LogP) is 7.06. The lowest BCUT2D eigenvalue weighted by Crippen LogP contribution is -2.55. The van der Waals surface area contributed by atoms with Gasteiger partial charge >= 0.3 is 6.09 Å². The molecule has 3 aromatic heterocycles. The summed E-state index contributed by atoms with van der Waals surface area (Å²) in [5.41, 5.74) is 5.08. The molecule has 0 bridgehead atoms. The SMILES string of the molecule is CC(C)(C)OC(=O)N1CCN([C@H]2C[C@@H](c3nc(-c4ccc5ccc(-c6ccccc6)nc5c4)c4c(Cl)nccn43)C2)CC1. The van der Waals surface area contributed by atoms with E-state index in [4.69, 9.17) is 26.3 Å². The van der Waals surface area contributed by atoms with Crippen LogP contribution >= 0.6 is 11.6 Å². The third-order valence-electron chi connectivity index (χ3n) is 8.53. The number of halogens is 1. The van der Waals surface area contributed by atoms with Gasteiger partial charge in [-0.2, -0.15) is 0 Å². The molecule has 7 rings (SSSR count). The lowest BCUT2D eigenvalue weighted by Gasteiger charge is -2.46. The van der Waals surface area contributed by atoms with Crippen molar-refractivity contribution in [3.63, 3.8) is 0 Å². The minimum Gasteiger partial charge on any atom is -0.444 e. The summed E-state index contributed by atoms with van der Waals surface area (Å²) < 4.78 is 7.68. The maximum atomic E-state index is 12.5. The van der Waals surface area contributed by atoms with Crippen LogP contribution in [-0.4, -0.2) is 73.1 Å². The Morgan fingerprint density at radius 1 is 0.930 bits per heavy atom. The number of nitrogens with zero attached hydrogens (tertiary/aromatic N) is 6. The molecule has 5 aromatic rings. The number of pyridine rings is 1. The van der Waals surface area contributed by atoms with E-state index in [1.807, 2.05) is 50.1 Å². The molecule has 1 saturated carbocycles. The lowest BCUT2D eigenvalue weighted by atomic mass is 9.78. The lowest BCUT2D eigenvalue weighted by molar-refractivity contribution is 0.00265. The van der Waals surface area contributed by atoms with Crippen molar-refractivity contribution in [1.82, 2.24) is 29.2 Å². The summed E-state index contributed by atoms with van der Waals surface area (Å²) in [6, 6.07) is 21.2. The van der Waals surface area contributed by atoms with E-state index >= 15 is 0 Å². The molecule has 1 saturated heterocycles. The van der Waals surface area contributed by atoms with Crippen molar-refractivity contribution in [3.8, 4) is 22.5 Å². The van der Waals surface area contributed by atoms with Crippen molar-refractivity contribution < 1.29 is 9.53 Å². The van der Waals surface area contributed by atoms with Gasteiger partial charge in [-0.3, -0.25) is 9.30 Å². The second-order valence-corrected chi connectivity index (χ2v) is 12.9. The van der Waals surface area contributed by atoms with Gasteiger partial charge in [-0.25, -0.2) is 19.7 Å². The molecule has 9 heteroatoms. The molecule has 4 heterocycles. The Morgan fingerprint density at radius 3 is 2.42 bits per heavy atom. The van der Waals surface area contributed by atoms with E-state index < -0.39 is 5.60 Å². The maximum absolute atomic E-state index is 12.5. The molecular weight excluding hydrogens is 560 g/mol. The van der Waals surface area contributed by atoms with Crippen molar-refractivity contribution in [3.05, 3.63) is 84.0 Å². The predicted molar refractivity (Wildman–Crippen MR) is 169 cm³/mol. The Labute approximate surface area is 256 Å². The molecule has 0 radical (unpaired) electrons. The van der Waals surface area contributed by atoms with Crippen molar-refractivity contribution in [1.29, 1.82) is 0 Å². The molecule has 0 atom stereocenters. The summed E-state index contributed by atoms with van der Waals surface area (Å²) in [6.45, 7) is 8.81. The average molecular weight is 595 g/mol. The van der Waals surface area contributed by atoms with Gasteiger partial charge in [0.05, 0.1) is 16.9 Å². The number of ether oxygens (including phenoxy) is 1. The van der Waals surface area contributed by atoms with Gasteiger partial charge in [0.1, 0.15) is 16.9 Å². The molecule has 1 aliphatic carbocycles. The van der Waals surface area contributed by atoms with E-state index in [1.54, 1.807) is 6.20 Å². The molecule has 1 aliphatic heterocycles. The number of carbonyl (C=O) groups excluding carboxylic acids is 1. The van der Waals surface area contributed by atoms with E-state index in [9.17, 15) is 4.79 Å². The summed E-state index contributed by atoms with van der Waals surface area (Å²) in [7, 11) is 0. The number of imidazole rings is 1. The Morgan fingerprint density at radius 2 is 1.67 bits per heavy atom. The van der Waals surface area contributed by atoms with Gasteiger partial charge in [-0.05, 0) is 45.7 Å². The molecular formula is C34H35ClN6O2. The van der Waals surface area contributed by atoms with Crippen LogP contribution in [0.2, 0.25) is 5.15 Å². The number of benzene rings is 2. The van der Waals surface area contributed by atoms with Gasteiger partial charge in [-0.15, -0.1) is 0 Å². The number of amides is 1. The Kier molecular flexibility index (Phi) is 7.06. The minimum absolute atomic E-state index is 0.222. The summed E-state index contributed by atoms with van der Waals surface area (Å²) in [6.07, 6.45) is 5.52. The summed E-state index contributed by atoms with van der Waals surface area (Å²) in [5.74, 6) is 1.33. The van der Waals surface area contributed by atoms with Crippen molar-refractivity contribution in [2.75, 3.05) is 26.2 Å². The van der Waals surface area contributed by atoms with Crippen LogP contribution in [-0.2, 0) is 4.74 Å². The number of fused-ring (bicyclic) bond motifs is 2. The Balaban J connectivity index is 1.11. The van der Waals surface area contributed by atoms with Gasteiger partial charge < -0.3 is 9.64 Å². The maximum Gasteiger partial charge on any atom is 0.410 e. The monoisotopic (exact) mass is 594 g/mol. The molecule has 0 N–H and O–H groups in total. The first kappa shape index (κ1) is 27.8. The summed E-state index contributed by atoms with van der Waals surface area (Å²) in [4.78, 5) is 31.4. The second-order valence-electron chi connectivity index (χ2n) is 12.6.